The maximum Gasteiger partial charge on any atom is 0.259 e. The predicted octanol–water partition coefficient (Wildman–Crippen LogP) is 2.89. The van der Waals surface area contributed by atoms with Crippen LogP contribution in [0.1, 0.15) is 17.3 Å². The van der Waals surface area contributed by atoms with Gasteiger partial charge in [-0.2, -0.15) is 5.26 Å². The fourth-order valence-corrected chi connectivity index (χ4v) is 2.04. The van der Waals surface area contributed by atoms with E-state index in [1.165, 1.54) is 0 Å². The first-order chi connectivity index (χ1) is 10.2. The van der Waals surface area contributed by atoms with Gasteiger partial charge in [-0.1, -0.05) is 12.1 Å². The van der Waals surface area contributed by atoms with E-state index in [-0.39, 0.29) is 17.0 Å². The molecule has 0 aliphatic rings. The summed E-state index contributed by atoms with van der Waals surface area (Å²) in [6.07, 6.45) is 1.56. The lowest BCUT2D eigenvalue weighted by Gasteiger charge is -2.01. The standard InChI is InChI=1S/C16H11N3O2/c1-10-6-7-12(21-10)8-11(9-17)15-18-14-5-3-2-4-13(14)16(20)19-15/h2-8H,1H3,(H,18,19,20)/b11-8+. The molecule has 21 heavy (non-hydrogen) atoms. The lowest BCUT2D eigenvalue weighted by Crippen LogP contribution is -2.11. The van der Waals surface area contributed by atoms with Gasteiger partial charge < -0.3 is 9.40 Å². The third kappa shape index (κ3) is 2.47. The van der Waals surface area contributed by atoms with E-state index in [4.69, 9.17) is 4.42 Å². The Morgan fingerprint density at radius 3 is 2.86 bits per heavy atom. The summed E-state index contributed by atoms with van der Waals surface area (Å²) in [5, 5.41) is 9.78. The van der Waals surface area contributed by atoms with Gasteiger partial charge in [0.25, 0.3) is 5.56 Å². The minimum atomic E-state index is -0.271. The Hall–Kier alpha value is -3.13. The van der Waals surface area contributed by atoms with E-state index in [9.17, 15) is 10.1 Å². The van der Waals surface area contributed by atoms with Gasteiger partial charge in [-0.15, -0.1) is 0 Å². The molecular formula is C16H11N3O2. The molecule has 0 bridgehead atoms. The fraction of sp³-hybridized carbons (Fsp3) is 0.0625. The number of benzene rings is 1. The third-order valence-corrected chi connectivity index (χ3v) is 3.04. The first kappa shape index (κ1) is 12.9. The number of aromatic nitrogens is 2. The predicted molar refractivity (Wildman–Crippen MR) is 79.3 cm³/mol. The highest BCUT2D eigenvalue weighted by molar-refractivity contribution is 5.88. The Kier molecular flexibility index (Phi) is 3.13. The zero-order valence-electron chi connectivity index (χ0n) is 11.3. The van der Waals surface area contributed by atoms with Crippen LogP contribution in [0, 0.1) is 18.3 Å². The zero-order chi connectivity index (χ0) is 14.8. The summed E-state index contributed by atoms with van der Waals surface area (Å²) in [7, 11) is 0. The van der Waals surface area contributed by atoms with Crippen molar-refractivity contribution in [1.29, 1.82) is 5.26 Å². The molecule has 0 aliphatic carbocycles. The molecular weight excluding hydrogens is 266 g/mol. The van der Waals surface area contributed by atoms with Gasteiger partial charge in [0, 0.05) is 6.08 Å². The number of fused-ring (bicyclic) bond motifs is 1. The monoisotopic (exact) mass is 277 g/mol. The van der Waals surface area contributed by atoms with Crippen molar-refractivity contribution in [2.75, 3.05) is 0 Å². The number of nitriles is 1. The van der Waals surface area contributed by atoms with Crippen LogP contribution in [0.25, 0.3) is 22.6 Å². The minimum Gasteiger partial charge on any atom is -0.462 e. The van der Waals surface area contributed by atoms with Gasteiger partial charge in [0.05, 0.1) is 16.5 Å². The molecule has 0 saturated carbocycles. The van der Waals surface area contributed by atoms with Crippen LogP contribution in [0.3, 0.4) is 0 Å². The van der Waals surface area contributed by atoms with Crippen molar-refractivity contribution in [3.05, 3.63) is 64.1 Å². The minimum absolute atomic E-state index is 0.232. The van der Waals surface area contributed by atoms with Crippen molar-refractivity contribution in [1.82, 2.24) is 9.97 Å². The molecule has 5 heteroatoms. The van der Waals surface area contributed by atoms with Crippen molar-refractivity contribution in [2.24, 2.45) is 0 Å². The van der Waals surface area contributed by atoms with Crippen LogP contribution in [-0.4, -0.2) is 9.97 Å². The van der Waals surface area contributed by atoms with Gasteiger partial charge in [-0.05, 0) is 31.2 Å². The Morgan fingerprint density at radius 2 is 2.14 bits per heavy atom. The van der Waals surface area contributed by atoms with Crippen LogP contribution in [-0.2, 0) is 0 Å². The summed E-state index contributed by atoms with van der Waals surface area (Å²) < 4.78 is 5.41. The molecule has 3 aromatic rings. The first-order valence-corrected chi connectivity index (χ1v) is 6.35. The maximum absolute atomic E-state index is 12.0. The van der Waals surface area contributed by atoms with Crippen molar-refractivity contribution in [3.8, 4) is 6.07 Å². The van der Waals surface area contributed by atoms with Crippen molar-refractivity contribution < 1.29 is 4.42 Å². The topological polar surface area (TPSA) is 82.7 Å². The van der Waals surface area contributed by atoms with Crippen LogP contribution in [0.5, 0.6) is 0 Å². The lowest BCUT2D eigenvalue weighted by molar-refractivity contribution is 0.525. The normalized spacial score (nSPS) is 11.5. The highest BCUT2D eigenvalue weighted by Gasteiger charge is 2.08. The number of allylic oxidation sites excluding steroid dienone is 1. The van der Waals surface area contributed by atoms with Gasteiger partial charge >= 0.3 is 0 Å². The number of nitrogens with one attached hydrogen (secondary N) is 1. The molecule has 102 valence electrons. The Bertz CT molecular complexity index is 942. The number of nitrogens with zero attached hydrogens (tertiary/aromatic N) is 2. The van der Waals surface area contributed by atoms with E-state index in [2.05, 4.69) is 9.97 Å². The average molecular weight is 277 g/mol. The van der Waals surface area contributed by atoms with Gasteiger partial charge in [0.1, 0.15) is 17.6 Å². The molecule has 0 radical (unpaired) electrons. The van der Waals surface area contributed by atoms with E-state index in [1.54, 1.807) is 42.5 Å². The number of aromatic amines is 1. The Balaban J connectivity index is 2.16. The molecule has 0 atom stereocenters. The van der Waals surface area contributed by atoms with Crippen molar-refractivity contribution >= 4 is 22.6 Å². The zero-order valence-corrected chi connectivity index (χ0v) is 11.3. The second-order valence-corrected chi connectivity index (χ2v) is 4.55. The number of aryl methyl sites for hydroxylation is 1. The van der Waals surface area contributed by atoms with Crippen LogP contribution < -0.4 is 5.56 Å². The smallest absolute Gasteiger partial charge is 0.259 e. The average Bonchev–Trinajstić information content (AvgIpc) is 2.90. The molecule has 1 aromatic carbocycles. The number of rotatable bonds is 2. The van der Waals surface area contributed by atoms with E-state index >= 15 is 0 Å². The van der Waals surface area contributed by atoms with Crippen LogP contribution in [0.15, 0.2) is 45.6 Å². The summed E-state index contributed by atoms with van der Waals surface area (Å²) in [6, 6.07) is 12.6. The molecule has 1 N–H and O–H groups in total. The quantitative estimate of drug-likeness (QED) is 0.730. The SMILES string of the molecule is Cc1ccc(/C=C(\C#N)c2nc3ccccc3c(=O)[nH]2)o1. The molecule has 0 fully saturated rings. The largest absolute Gasteiger partial charge is 0.462 e. The number of furan rings is 1. The molecule has 0 saturated heterocycles. The lowest BCUT2D eigenvalue weighted by atomic mass is 10.2. The van der Waals surface area contributed by atoms with Crippen molar-refractivity contribution in [2.45, 2.75) is 6.92 Å². The fourth-order valence-electron chi connectivity index (χ4n) is 2.04. The van der Waals surface area contributed by atoms with Gasteiger partial charge in [0.15, 0.2) is 5.82 Å². The van der Waals surface area contributed by atoms with Crippen LogP contribution in [0.2, 0.25) is 0 Å². The summed E-state index contributed by atoms with van der Waals surface area (Å²) in [5.41, 5.74) is 0.521. The molecule has 5 nitrogen and oxygen atoms in total. The highest BCUT2D eigenvalue weighted by atomic mass is 16.3. The number of H-pyrrole nitrogens is 1. The molecule has 0 aliphatic heterocycles. The second kappa shape index (κ2) is 5.10. The highest BCUT2D eigenvalue weighted by Crippen LogP contribution is 2.17. The Morgan fingerprint density at radius 1 is 1.33 bits per heavy atom. The van der Waals surface area contributed by atoms with Crippen LogP contribution in [0.4, 0.5) is 0 Å². The summed E-state index contributed by atoms with van der Waals surface area (Å²) >= 11 is 0. The van der Waals surface area contributed by atoms with Gasteiger partial charge in [-0.25, -0.2) is 4.98 Å². The molecule has 0 amide bonds. The van der Waals surface area contributed by atoms with E-state index in [0.29, 0.717) is 16.7 Å². The molecule has 2 heterocycles. The van der Waals surface area contributed by atoms with E-state index < -0.39 is 0 Å². The summed E-state index contributed by atoms with van der Waals surface area (Å²) in [4.78, 5) is 19.0. The first-order valence-electron chi connectivity index (χ1n) is 6.35. The molecule has 2 aromatic heterocycles. The number of hydrogen-bond donors (Lipinski definition) is 1. The number of para-hydroxylation sites is 1. The third-order valence-electron chi connectivity index (χ3n) is 3.04. The molecule has 0 spiro atoms. The van der Waals surface area contributed by atoms with E-state index in [1.807, 2.05) is 13.0 Å². The van der Waals surface area contributed by atoms with Crippen LogP contribution >= 0.6 is 0 Å². The second-order valence-electron chi connectivity index (χ2n) is 4.55. The van der Waals surface area contributed by atoms with Gasteiger partial charge in [-0.3, -0.25) is 4.79 Å². The molecule has 0 unspecified atom stereocenters. The molecule has 3 rings (SSSR count). The summed E-state index contributed by atoms with van der Waals surface area (Å²) in [5.74, 6) is 1.52. The van der Waals surface area contributed by atoms with Crippen molar-refractivity contribution in [3.63, 3.8) is 0 Å². The number of hydrogen-bond acceptors (Lipinski definition) is 4. The summed E-state index contributed by atoms with van der Waals surface area (Å²) in [6.45, 7) is 1.82. The van der Waals surface area contributed by atoms with E-state index in [0.717, 1.165) is 5.76 Å². The van der Waals surface area contributed by atoms with Gasteiger partial charge in [0.2, 0.25) is 0 Å². The maximum atomic E-state index is 12.0. The Labute approximate surface area is 120 Å².